The summed E-state index contributed by atoms with van der Waals surface area (Å²) in [6.07, 6.45) is 5.56. The molecule has 5 nitrogen and oxygen atoms in total. The van der Waals surface area contributed by atoms with E-state index in [2.05, 4.69) is 27.2 Å². The second kappa shape index (κ2) is 4.35. The molecule has 1 amide bonds. The SMILES string of the molecule is CN1CC[C@H](NC(=O)c2cnccn2)C1. The molecule has 1 fully saturated rings. The molecule has 80 valence electrons. The molecule has 0 bridgehead atoms. The number of carbonyl (C=O) groups is 1. The molecule has 0 aromatic carbocycles. The largest absolute Gasteiger partial charge is 0.347 e. The van der Waals surface area contributed by atoms with E-state index >= 15 is 0 Å². The molecule has 1 saturated heterocycles. The molecule has 0 spiro atoms. The molecule has 0 radical (unpaired) electrons. The van der Waals surface area contributed by atoms with Crippen LogP contribution in [0.4, 0.5) is 0 Å². The Bertz CT molecular complexity index is 341. The van der Waals surface area contributed by atoms with Gasteiger partial charge in [0.25, 0.3) is 5.91 Å². The van der Waals surface area contributed by atoms with Crippen molar-refractivity contribution in [2.24, 2.45) is 0 Å². The van der Waals surface area contributed by atoms with Crippen molar-refractivity contribution in [3.05, 3.63) is 24.3 Å². The van der Waals surface area contributed by atoms with Crippen LogP contribution in [0.15, 0.2) is 18.6 Å². The Morgan fingerprint density at radius 2 is 2.47 bits per heavy atom. The third-order valence-corrected chi connectivity index (χ3v) is 2.52. The van der Waals surface area contributed by atoms with Gasteiger partial charge in [-0.1, -0.05) is 0 Å². The third kappa shape index (κ3) is 2.50. The fourth-order valence-corrected chi connectivity index (χ4v) is 1.73. The van der Waals surface area contributed by atoms with Gasteiger partial charge < -0.3 is 10.2 Å². The second-order valence-corrected chi connectivity index (χ2v) is 3.81. The number of nitrogens with zero attached hydrogens (tertiary/aromatic N) is 3. The molecule has 1 aromatic rings. The maximum Gasteiger partial charge on any atom is 0.271 e. The lowest BCUT2D eigenvalue weighted by Crippen LogP contribution is -2.36. The van der Waals surface area contributed by atoms with Crippen molar-refractivity contribution in [3.63, 3.8) is 0 Å². The number of nitrogens with one attached hydrogen (secondary N) is 1. The topological polar surface area (TPSA) is 58.1 Å². The summed E-state index contributed by atoms with van der Waals surface area (Å²) in [4.78, 5) is 21.7. The van der Waals surface area contributed by atoms with Gasteiger partial charge in [0.1, 0.15) is 5.69 Å². The predicted octanol–water partition coefficient (Wildman–Crippen LogP) is -0.0895. The van der Waals surface area contributed by atoms with Crippen molar-refractivity contribution >= 4 is 5.91 Å². The quantitative estimate of drug-likeness (QED) is 0.734. The summed E-state index contributed by atoms with van der Waals surface area (Å²) in [5, 5.41) is 2.94. The molecule has 0 saturated carbocycles. The number of likely N-dealkylation sites (tertiary alicyclic amines) is 1. The van der Waals surface area contributed by atoms with E-state index in [1.165, 1.54) is 12.4 Å². The maximum atomic E-state index is 11.7. The van der Waals surface area contributed by atoms with E-state index in [9.17, 15) is 4.79 Å². The highest BCUT2D eigenvalue weighted by molar-refractivity contribution is 5.92. The first-order chi connectivity index (χ1) is 7.25. The van der Waals surface area contributed by atoms with E-state index < -0.39 is 0 Å². The molecule has 1 atom stereocenters. The van der Waals surface area contributed by atoms with E-state index in [0.717, 1.165) is 19.5 Å². The maximum absolute atomic E-state index is 11.7. The summed E-state index contributed by atoms with van der Waals surface area (Å²) in [5.41, 5.74) is 0.382. The standard InChI is InChI=1S/C10H14N4O/c1-14-5-2-8(7-14)13-10(15)9-6-11-3-4-12-9/h3-4,6,8H,2,5,7H2,1H3,(H,13,15)/t8-/m0/s1. The molecule has 0 aliphatic carbocycles. The monoisotopic (exact) mass is 206 g/mol. The van der Waals surface area contributed by atoms with Gasteiger partial charge in [-0.05, 0) is 20.0 Å². The van der Waals surface area contributed by atoms with Crippen LogP contribution in [0.5, 0.6) is 0 Å². The average Bonchev–Trinajstić information content (AvgIpc) is 2.65. The zero-order chi connectivity index (χ0) is 10.7. The Labute approximate surface area is 88.5 Å². The number of likely N-dealkylation sites (N-methyl/N-ethyl adjacent to an activating group) is 1. The zero-order valence-electron chi connectivity index (χ0n) is 8.68. The van der Waals surface area contributed by atoms with Gasteiger partial charge in [0.2, 0.25) is 0 Å². The highest BCUT2D eigenvalue weighted by atomic mass is 16.2. The summed E-state index contributed by atoms with van der Waals surface area (Å²) in [6.45, 7) is 1.94. The lowest BCUT2D eigenvalue weighted by atomic mass is 10.2. The van der Waals surface area contributed by atoms with Crippen molar-refractivity contribution in [1.82, 2.24) is 20.2 Å². The minimum Gasteiger partial charge on any atom is -0.347 e. The van der Waals surface area contributed by atoms with E-state index in [4.69, 9.17) is 0 Å². The molecule has 2 rings (SSSR count). The molecule has 1 aromatic heterocycles. The highest BCUT2D eigenvalue weighted by Gasteiger charge is 2.21. The highest BCUT2D eigenvalue weighted by Crippen LogP contribution is 2.06. The summed E-state index contributed by atoms with van der Waals surface area (Å²) in [6, 6.07) is 0.240. The van der Waals surface area contributed by atoms with Crippen molar-refractivity contribution in [2.45, 2.75) is 12.5 Å². The van der Waals surface area contributed by atoms with Crippen molar-refractivity contribution in [2.75, 3.05) is 20.1 Å². The normalized spacial score (nSPS) is 21.5. The number of aromatic nitrogens is 2. The van der Waals surface area contributed by atoms with E-state index in [-0.39, 0.29) is 11.9 Å². The number of hydrogen-bond donors (Lipinski definition) is 1. The van der Waals surface area contributed by atoms with Crippen molar-refractivity contribution in [3.8, 4) is 0 Å². The summed E-state index contributed by atoms with van der Waals surface area (Å²) < 4.78 is 0. The molecule has 2 heterocycles. The Morgan fingerprint density at radius 1 is 1.60 bits per heavy atom. The molecule has 1 N–H and O–H groups in total. The van der Waals surface area contributed by atoms with Crippen LogP contribution >= 0.6 is 0 Å². The number of hydrogen-bond acceptors (Lipinski definition) is 4. The van der Waals surface area contributed by atoms with Crippen LogP contribution in [0, 0.1) is 0 Å². The first-order valence-corrected chi connectivity index (χ1v) is 5.01. The lowest BCUT2D eigenvalue weighted by Gasteiger charge is -2.11. The third-order valence-electron chi connectivity index (χ3n) is 2.52. The molecular formula is C10H14N4O. The summed E-state index contributed by atoms with van der Waals surface area (Å²) in [7, 11) is 2.05. The number of rotatable bonds is 2. The Morgan fingerprint density at radius 3 is 3.07 bits per heavy atom. The molecule has 1 aliphatic rings. The van der Waals surface area contributed by atoms with Crippen LogP contribution in [-0.4, -0.2) is 47.0 Å². The Hall–Kier alpha value is -1.49. The lowest BCUT2D eigenvalue weighted by molar-refractivity contribution is 0.0933. The average molecular weight is 206 g/mol. The molecule has 0 unspecified atom stereocenters. The van der Waals surface area contributed by atoms with Crippen LogP contribution in [0.3, 0.4) is 0 Å². The van der Waals surface area contributed by atoms with E-state index in [1.54, 1.807) is 6.20 Å². The summed E-state index contributed by atoms with van der Waals surface area (Å²) >= 11 is 0. The Balaban J connectivity index is 1.93. The first kappa shape index (κ1) is 10.0. The molecule has 1 aliphatic heterocycles. The van der Waals surface area contributed by atoms with Gasteiger partial charge in [-0.2, -0.15) is 0 Å². The van der Waals surface area contributed by atoms with Gasteiger partial charge >= 0.3 is 0 Å². The molecule has 15 heavy (non-hydrogen) atoms. The fraction of sp³-hybridized carbons (Fsp3) is 0.500. The Kier molecular flexibility index (Phi) is 2.91. The van der Waals surface area contributed by atoms with Gasteiger partial charge in [0.15, 0.2) is 0 Å². The van der Waals surface area contributed by atoms with E-state index in [0.29, 0.717) is 5.69 Å². The van der Waals surface area contributed by atoms with Gasteiger partial charge in [-0.25, -0.2) is 4.98 Å². The fourth-order valence-electron chi connectivity index (χ4n) is 1.73. The number of amides is 1. The van der Waals surface area contributed by atoms with Gasteiger partial charge in [0.05, 0.1) is 6.20 Å². The van der Waals surface area contributed by atoms with Crippen LogP contribution < -0.4 is 5.32 Å². The first-order valence-electron chi connectivity index (χ1n) is 5.01. The van der Waals surface area contributed by atoms with Gasteiger partial charge in [0, 0.05) is 25.0 Å². The minimum absolute atomic E-state index is 0.136. The smallest absolute Gasteiger partial charge is 0.271 e. The van der Waals surface area contributed by atoms with Crippen molar-refractivity contribution in [1.29, 1.82) is 0 Å². The van der Waals surface area contributed by atoms with Crippen LogP contribution in [-0.2, 0) is 0 Å². The minimum atomic E-state index is -0.136. The molecule has 5 heteroatoms. The van der Waals surface area contributed by atoms with Crippen LogP contribution in [0.2, 0.25) is 0 Å². The van der Waals surface area contributed by atoms with Crippen molar-refractivity contribution < 1.29 is 4.79 Å². The van der Waals surface area contributed by atoms with Crippen LogP contribution in [0.25, 0.3) is 0 Å². The van der Waals surface area contributed by atoms with Crippen LogP contribution in [0.1, 0.15) is 16.9 Å². The zero-order valence-corrected chi connectivity index (χ0v) is 8.68. The van der Waals surface area contributed by atoms with Gasteiger partial charge in [-0.3, -0.25) is 9.78 Å². The number of carbonyl (C=O) groups excluding carboxylic acids is 1. The summed E-state index contributed by atoms with van der Waals surface area (Å²) in [5.74, 6) is -0.136. The predicted molar refractivity (Wildman–Crippen MR) is 55.4 cm³/mol. The molecular weight excluding hydrogens is 192 g/mol. The van der Waals surface area contributed by atoms with Gasteiger partial charge in [-0.15, -0.1) is 0 Å². The second-order valence-electron chi connectivity index (χ2n) is 3.81. The van der Waals surface area contributed by atoms with E-state index in [1.807, 2.05) is 0 Å².